The first-order chi connectivity index (χ1) is 8.16. The minimum absolute atomic E-state index is 0.513. The molecule has 2 aromatic rings. The Bertz CT molecular complexity index is 572. The summed E-state index contributed by atoms with van der Waals surface area (Å²) in [4.78, 5) is 10.6. The fraction of sp³-hybridized carbons (Fsp3) is 0. The molecule has 17 heavy (non-hydrogen) atoms. The third-order valence-corrected chi connectivity index (χ3v) is 2.51. The highest BCUT2D eigenvalue weighted by molar-refractivity contribution is 6.33. The van der Waals surface area contributed by atoms with Crippen LogP contribution in [0.3, 0.4) is 0 Å². The number of amides is 1. The lowest BCUT2D eigenvalue weighted by Gasteiger charge is -1.98. The molecule has 2 N–H and O–H groups in total. The highest BCUT2D eigenvalue weighted by Crippen LogP contribution is 2.29. The molecule has 3 nitrogen and oxygen atoms in total. The van der Waals surface area contributed by atoms with Crippen LogP contribution >= 0.6 is 11.6 Å². The zero-order valence-corrected chi connectivity index (χ0v) is 9.65. The average molecular weight is 248 g/mol. The van der Waals surface area contributed by atoms with Crippen LogP contribution < -0.4 is 5.73 Å². The van der Waals surface area contributed by atoms with E-state index < -0.39 is 5.91 Å². The van der Waals surface area contributed by atoms with E-state index in [9.17, 15) is 4.79 Å². The van der Waals surface area contributed by atoms with Crippen molar-refractivity contribution < 1.29 is 9.21 Å². The molecule has 1 amide bonds. The summed E-state index contributed by atoms with van der Waals surface area (Å²) < 4.78 is 5.52. The molecule has 0 saturated heterocycles. The molecule has 0 aliphatic rings. The van der Waals surface area contributed by atoms with Gasteiger partial charge in [0.25, 0.3) is 0 Å². The van der Waals surface area contributed by atoms with Gasteiger partial charge in [-0.1, -0.05) is 23.7 Å². The van der Waals surface area contributed by atoms with Crippen molar-refractivity contribution in [1.29, 1.82) is 0 Å². The summed E-state index contributed by atoms with van der Waals surface area (Å²) in [7, 11) is 0. The molecule has 0 atom stereocenters. The SMILES string of the molecule is NC(=O)/C=C/c1ccc(-c2ccccc2Cl)o1. The largest absolute Gasteiger partial charge is 0.457 e. The van der Waals surface area contributed by atoms with Crippen molar-refractivity contribution in [2.24, 2.45) is 5.73 Å². The third kappa shape index (κ3) is 2.77. The monoisotopic (exact) mass is 247 g/mol. The summed E-state index contributed by atoms with van der Waals surface area (Å²) in [6, 6.07) is 10.9. The second-order valence-corrected chi connectivity index (χ2v) is 3.82. The van der Waals surface area contributed by atoms with E-state index >= 15 is 0 Å². The molecule has 0 fully saturated rings. The molecule has 1 aromatic carbocycles. The number of nitrogens with two attached hydrogens (primary N) is 1. The molecule has 86 valence electrons. The van der Waals surface area contributed by atoms with Gasteiger partial charge in [-0.05, 0) is 30.3 Å². The Kier molecular flexibility index (Phi) is 3.30. The Labute approximate surface area is 103 Å². The highest BCUT2D eigenvalue weighted by Gasteiger charge is 2.06. The summed E-state index contributed by atoms with van der Waals surface area (Å²) in [6.07, 6.45) is 2.76. The van der Waals surface area contributed by atoms with Crippen LogP contribution in [-0.2, 0) is 4.79 Å². The smallest absolute Gasteiger partial charge is 0.241 e. The van der Waals surface area contributed by atoms with Gasteiger partial charge in [0.15, 0.2) is 0 Å². The third-order valence-electron chi connectivity index (χ3n) is 2.18. The number of carbonyl (C=O) groups is 1. The van der Waals surface area contributed by atoms with Crippen molar-refractivity contribution in [2.45, 2.75) is 0 Å². The van der Waals surface area contributed by atoms with Crippen molar-refractivity contribution in [2.75, 3.05) is 0 Å². The number of rotatable bonds is 3. The molecule has 4 heteroatoms. The normalized spacial score (nSPS) is 10.9. The molecule has 1 aromatic heterocycles. The molecule has 0 unspecified atom stereocenters. The standard InChI is InChI=1S/C13H10ClNO2/c14-11-4-2-1-3-10(11)12-7-5-9(17-12)6-8-13(15)16/h1-8H,(H2,15,16)/b8-6+. The van der Waals surface area contributed by atoms with E-state index in [1.54, 1.807) is 18.2 Å². The zero-order valence-electron chi connectivity index (χ0n) is 8.89. The van der Waals surface area contributed by atoms with Gasteiger partial charge in [-0.15, -0.1) is 0 Å². The Balaban J connectivity index is 2.30. The first-order valence-electron chi connectivity index (χ1n) is 4.99. The number of hydrogen-bond donors (Lipinski definition) is 1. The zero-order chi connectivity index (χ0) is 12.3. The molecule has 0 radical (unpaired) electrons. The van der Waals surface area contributed by atoms with Crippen molar-refractivity contribution >= 4 is 23.6 Å². The van der Waals surface area contributed by atoms with E-state index in [0.29, 0.717) is 16.5 Å². The Morgan fingerprint density at radius 2 is 2.00 bits per heavy atom. The van der Waals surface area contributed by atoms with Crippen LogP contribution in [0.2, 0.25) is 5.02 Å². The topological polar surface area (TPSA) is 56.2 Å². The summed E-state index contributed by atoms with van der Waals surface area (Å²) in [5.41, 5.74) is 5.81. The molecule has 0 saturated carbocycles. The van der Waals surface area contributed by atoms with Crippen LogP contribution in [0, 0.1) is 0 Å². The van der Waals surface area contributed by atoms with Gasteiger partial charge in [0.1, 0.15) is 11.5 Å². The number of halogens is 1. The van der Waals surface area contributed by atoms with Gasteiger partial charge in [-0.3, -0.25) is 4.79 Å². The van der Waals surface area contributed by atoms with Gasteiger partial charge in [0.05, 0.1) is 5.02 Å². The summed E-state index contributed by atoms with van der Waals surface area (Å²) in [6.45, 7) is 0. The van der Waals surface area contributed by atoms with Gasteiger partial charge in [-0.2, -0.15) is 0 Å². The van der Waals surface area contributed by atoms with Gasteiger partial charge in [0, 0.05) is 11.6 Å². The lowest BCUT2D eigenvalue weighted by molar-refractivity contribution is -0.113. The summed E-state index contributed by atoms with van der Waals surface area (Å²) in [5, 5.41) is 0.618. The predicted octanol–water partition coefficient (Wildman–Crippen LogP) is 3.10. The predicted molar refractivity (Wildman–Crippen MR) is 67.4 cm³/mol. The molecular weight excluding hydrogens is 238 g/mol. The van der Waals surface area contributed by atoms with Crippen LogP contribution in [0.5, 0.6) is 0 Å². The van der Waals surface area contributed by atoms with E-state index in [-0.39, 0.29) is 0 Å². The lowest BCUT2D eigenvalue weighted by Crippen LogP contribution is -2.04. The van der Waals surface area contributed by atoms with Crippen molar-refractivity contribution in [3.05, 3.63) is 53.3 Å². The van der Waals surface area contributed by atoms with Crippen LogP contribution in [0.4, 0.5) is 0 Å². The maximum Gasteiger partial charge on any atom is 0.241 e. The lowest BCUT2D eigenvalue weighted by atomic mass is 10.2. The fourth-order valence-corrected chi connectivity index (χ4v) is 1.64. The average Bonchev–Trinajstić information content (AvgIpc) is 2.75. The molecule has 1 heterocycles. The first-order valence-corrected chi connectivity index (χ1v) is 5.37. The van der Waals surface area contributed by atoms with Gasteiger partial charge in [-0.25, -0.2) is 0 Å². The number of benzene rings is 1. The van der Waals surface area contributed by atoms with Gasteiger partial charge in [0.2, 0.25) is 5.91 Å². The molecular formula is C13H10ClNO2. The molecule has 0 aliphatic carbocycles. The fourth-order valence-electron chi connectivity index (χ4n) is 1.41. The van der Waals surface area contributed by atoms with E-state index in [2.05, 4.69) is 0 Å². The molecule has 2 rings (SSSR count). The van der Waals surface area contributed by atoms with Crippen LogP contribution in [0.15, 0.2) is 46.9 Å². The minimum Gasteiger partial charge on any atom is -0.457 e. The van der Waals surface area contributed by atoms with E-state index in [1.165, 1.54) is 12.2 Å². The second-order valence-electron chi connectivity index (χ2n) is 3.42. The Morgan fingerprint density at radius 1 is 1.24 bits per heavy atom. The maximum absolute atomic E-state index is 10.6. The maximum atomic E-state index is 10.6. The van der Waals surface area contributed by atoms with Crippen molar-refractivity contribution in [3.63, 3.8) is 0 Å². The number of hydrogen-bond acceptors (Lipinski definition) is 2. The highest BCUT2D eigenvalue weighted by atomic mass is 35.5. The summed E-state index contributed by atoms with van der Waals surface area (Å²) >= 11 is 6.04. The molecule has 0 bridgehead atoms. The molecule has 0 aliphatic heterocycles. The van der Waals surface area contributed by atoms with Gasteiger partial charge < -0.3 is 10.2 Å². The number of carbonyl (C=O) groups excluding carboxylic acids is 1. The van der Waals surface area contributed by atoms with Crippen LogP contribution in [0.1, 0.15) is 5.76 Å². The number of furan rings is 1. The van der Waals surface area contributed by atoms with Crippen LogP contribution in [0.25, 0.3) is 17.4 Å². The Morgan fingerprint density at radius 3 is 2.71 bits per heavy atom. The van der Waals surface area contributed by atoms with Crippen molar-refractivity contribution in [1.82, 2.24) is 0 Å². The second kappa shape index (κ2) is 4.89. The Hall–Kier alpha value is -2.00. The van der Waals surface area contributed by atoms with Gasteiger partial charge >= 0.3 is 0 Å². The van der Waals surface area contributed by atoms with E-state index in [0.717, 1.165) is 5.56 Å². The first kappa shape index (κ1) is 11.5. The van der Waals surface area contributed by atoms with E-state index in [4.69, 9.17) is 21.8 Å². The van der Waals surface area contributed by atoms with Crippen molar-refractivity contribution in [3.8, 4) is 11.3 Å². The van der Waals surface area contributed by atoms with E-state index in [1.807, 2.05) is 18.2 Å². The number of primary amides is 1. The quantitative estimate of drug-likeness (QED) is 0.848. The van der Waals surface area contributed by atoms with Crippen LogP contribution in [-0.4, -0.2) is 5.91 Å². The summed E-state index contributed by atoms with van der Waals surface area (Å²) in [5.74, 6) is 0.694. The molecule has 0 spiro atoms. The minimum atomic E-state index is -0.513.